The molecular weight excluding hydrogens is 332 g/mol. The quantitative estimate of drug-likeness (QED) is 0.424. The molecule has 0 aliphatic carbocycles. The number of aryl methyl sites for hydroxylation is 1. The topological polar surface area (TPSA) is 69.0 Å². The van der Waals surface area contributed by atoms with Crippen LogP contribution in [0.5, 0.6) is 0 Å². The van der Waals surface area contributed by atoms with E-state index in [0.29, 0.717) is 5.75 Å². The number of hydrogen-bond acceptors (Lipinski definition) is 7. The smallest absolute Gasteiger partial charge is 0.206 e. The molecule has 0 amide bonds. The number of nitrogens with one attached hydrogen (secondary N) is 1. The number of methoxy groups -OCH3 is 1. The first-order valence-corrected chi connectivity index (χ1v) is 9.20. The van der Waals surface area contributed by atoms with E-state index in [9.17, 15) is 4.79 Å². The zero-order valence-corrected chi connectivity index (χ0v) is 15.5. The first-order chi connectivity index (χ1) is 11.1. The summed E-state index contributed by atoms with van der Waals surface area (Å²) in [4.78, 5) is 12.5. The number of hydrogen-bond donors (Lipinski definition) is 1. The van der Waals surface area contributed by atoms with Gasteiger partial charge in [-0.25, -0.2) is 0 Å². The molecule has 2 rings (SSSR count). The lowest BCUT2D eigenvalue weighted by Gasteiger charge is -2.09. The molecular formula is C15H22N4O2S2. The molecule has 1 N–H and O–H groups in total. The van der Waals surface area contributed by atoms with Gasteiger partial charge in [0, 0.05) is 44.3 Å². The van der Waals surface area contributed by atoms with Gasteiger partial charge in [0.25, 0.3) is 0 Å². The highest BCUT2D eigenvalue weighted by Gasteiger charge is 2.16. The van der Waals surface area contributed by atoms with Gasteiger partial charge in [0.2, 0.25) is 5.13 Å². The van der Waals surface area contributed by atoms with Crippen LogP contribution in [0.4, 0.5) is 5.13 Å². The average Bonchev–Trinajstić information content (AvgIpc) is 3.11. The predicted molar refractivity (Wildman–Crippen MR) is 94.9 cm³/mol. The van der Waals surface area contributed by atoms with Gasteiger partial charge in [0.15, 0.2) is 10.1 Å². The molecule has 8 heteroatoms. The zero-order chi connectivity index (χ0) is 16.8. The van der Waals surface area contributed by atoms with Crippen molar-refractivity contribution in [3.05, 3.63) is 23.0 Å². The summed E-state index contributed by atoms with van der Waals surface area (Å²) >= 11 is 2.89. The summed E-state index contributed by atoms with van der Waals surface area (Å²) in [5.41, 5.74) is 2.93. The van der Waals surface area contributed by atoms with Crippen LogP contribution >= 0.6 is 23.1 Å². The number of Topliss-reactive ketones (excluding diaryl/α,β-unsaturated/α-hetero) is 1. The van der Waals surface area contributed by atoms with Gasteiger partial charge in [-0.2, -0.15) is 0 Å². The van der Waals surface area contributed by atoms with Crippen LogP contribution < -0.4 is 5.32 Å². The van der Waals surface area contributed by atoms with Gasteiger partial charge in [-0.3, -0.25) is 4.79 Å². The number of ketones is 1. The lowest BCUT2D eigenvalue weighted by molar-refractivity contribution is 0.102. The minimum atomic E-state index is 0.127. The van der Waals surface area contributed by atoms with Crippen LogP contribution in [-0.4, -0.2) is 47.1 Å². The number of ether oxygens (including phenoxy) is 1. The molecule has 0 aliphatic rings. The Balaban J connectivity index is 2.00. The Morgan fingerprint density at radius 1 is 1.43 bits per heavy atom. The molecule has 0 spiro atoms. The Morgan fingerprint density at radius 3 is 2.87 bits per heavy atom. The van der Waals surface area contributed by atoms with Crippen LogP contribution in [0.15, 0.2) is 10.4 Å². The van der Waals surface area contributed by atoms with Crippen molar-refractivity contribution >= 4 is 34.0 Å². The Labute approximate surface area is 144 Å². The van der Waals surface area contributed by atoms with Crippen LogP contribution in [0, 0.1) is 13.8 Å². The van der Waals surface area contributed by atoms with Gasteiger partial charge in [-0.1, -0.05) is 23.1 Å². The number of thioether (sulfide) groups is 1. The van der Waals surface area contributed by atoms with Crippen molar-refractivity contribution in [2.45, 2.75) is 31.2 Å². The molecule has 0 radical (unpaired) electrons. The number of rotatable bonds is 9. The summed E-state index contributed by atoms with van der Waals surface area (Å²) in [6, 6.07) is 1.98. The highest BCUT2D eigenvalue weighted by molar-refractivity contribution is 8.01. The first-order valence-electron chi connectivity index (χ1n) is 7.39. The van der Waals surface area contributed by atoms with Gasteiger partial charge in [0.1, 0.15) is 0 Å². The molecule has 0 bridgehead atoms. The zero-order valence-electron chi connectivity index (χ0n) is 13.9. The van der Waals surface area contributed by atoms with Crippen molar-refractivity contribution in [3.8, 4) is 0 Å². The first kappa shape index (κ1) is 18.0. The van der Waals surface area contributed by atoms with Crippen molar-refractivity contribution in [2.24, 2.45) is 0 Å². The molecule has 0 aromatic carbocycles. The average molecular weight is 355 g/mol. The summed E-state index contributed by atoms with van der Waals surface area (Å²) in [7, 11) is 3.51. The summed E-state index contributed by atoms with van der Waals surface area (Å²) in [6.45, 7) is 5.63. The monoisotopic (exact) mass is 354 g/mol. The van der Waals surface area contributed by atoms with Crippen LogP contribution in [-0.2, 0) is 11.3 Å². The van der Waals surface area contributed by atoms with Crippen molar-refractivity contribution in [1.29, 1.82) is 0 Å². The van der Waals surface area contributed by atoms with Crippen LogP contribution in [0.25, 0.3) is 0 Å². The number of anilines is 1. The summed E-state index contributed by atoms with van der Waals surface area (Å²) in [5, 5.41) is 11.7. The Kier molecular flexibility index (Phi) is 6.61. The largest absolute Gasteiger partial charge is 0.385 e. The van der Waals surface area contributed by atoms with E-state index in [4.69, 9.17) is 4.74 Å². The summed E-state index contributed by atoms with van der Waals surface area (Å²) in [6.07, 6.45) is 0.937. The second-order valence-corrected chi connectivity index (χ2v) is 7.32. The van der Waals surface area contributed by atoms with E-state index in [1.165, 1.54) is 23.1 Å². The molecule has 6 nitrogen and oxygen atoms in total. The molecule has 0 aliphatic heterocycles. The maximum atomic E-state index is 12.5. The van der Waals surface area contributed by atoms with Crippen molar-refractivity contribution in [2.75, 3.05) is 31.8 Å². The van der Waals surface area contributed by atoms with E-state index in [-0.39, 0.29) is 5.78 Å². The van der Waals surface area contributed by atoms with Crippen molar-refractivity contribution in [3.63, 3.8) is 0 Å². The van der Waals surface area contributed by atoms with E-state index >= 15 is 0 Å². The van der Waals surface area contributed by atoms with E-state index in [1.807, 2.05) is 19.9 Å². The van der Waals surface area contributed by atoms with Gasteiger partial charge >= 0.3 is 0 Å². The van der Waals surface area contributed by atoms with Gasteiger partial charge in [0.05, 0.1) is 5.75 Å². The number of aromatic nitrogens is 3. The molecule has 0 unspecified atom stereocenters. The number of carbonyl (C=O) groups is 1. The Morgan fingerprint density at radius 2 is 2.22 bits per heavy atom. The van der Waals surface area contributed by atoms with E-state index in [2.05, 4.69) is 20.1 Å². The fourth-order valence-electron chi connectivity index (χ4n) is 2.37. The standard InChI is InChI=1S/C15H22N4O2S2/c1-10-8-12(11(2)19(10)6-5-7-21-4)13(20)9-22-15-18-17-14(16-3)23-15/h8H,5-7,9H2,1-4H3,(H,16,17). The minimum Gasteiger partial charge on any atom is -0.385 e. The van der Waals surface area contributed by atoms with Gasteiger partial charge in [-0.05, 0) is 26.3 Å². The molecule has 0 saturated carbocycles. The maximum Gasteiger partial charge on any atom is 0.206 e. The lowest BCUT2D eigenvalue weighted by atomic mass is 10.2. The molecule has 2 aromatic heterocycles. The fourth-order valence-corrected chi connectivity index (χ4v) is 3.96. The van der Waals surface area contributed by atoms with Crippen LogP contribution in [0.3, 0.4) is 0 Å². The Hall–Kier alpha value is -1.38. The predicted octanol–water partition coefficient (Wildman–Crippen LogP) is 3.01. The molecule has 0 atom stereocenters. The molecule has 2 aromatic rings. The van der Waals surface area contributed by atoms with E-state index < -0.39 is 0 Å². The second kappa shape index (κ2) is 8.47. The third kappa shape index (κ3) is 4.55. The number of nitrogens with zero attached hydrogens (tertiary/aromatic N) is 3. The summed E-state index contributed by atoms with van der Waals surface area (Å²) < 4.78 is 8.08. The highest BCUT2D eigenvalue weighted by atomic mass is 32.2. The van der Waals surface area contributed by atoms with Crippen LogP contribution in [0.2, 0.25) is 0 Å². The molecule has 2 heterocycles. The van der Waals surface area contributed by atoms with Gasteiger partial charge < -0.3 is 14.6 Å². The fraction of sp³-hybridized carbons (Fsp3) is 0.533. The molecule has 126 valence electrons. The third-order valence-corrected chi connectivity index (χ3v) is 5.63. The SMILES string of the molecule is CNc1nnc(SCC(=O)c2cc(C)n(CCCOC)c2C)s1. The maximum absolute atomic E-state index is 12.5. The minimum absolute atomic E-state index is 0.127. The number of carbonyl (C=O) groups excluding carboxylic acids is 1. The normalized spacial score (nSPS) is 11.0. The molecule has 23 heavy (non-hydrogen) atoms. The lowest BCUT2D eigenvalue weighted by Crippen LogP contribution is -2.08. The third-order valence-electron chi connectivity index (χ3n) is 3.55. The van der Waals surface area contributed by atoms with Crippen molar-refractivity contribution < 1.29 is 9.53 Å². The molecule has 0 saturated heterocycles. The highest BCUT2D eigenvalue weighted by Crippen LogP contribution is 2.26. The second-order valence-electron chi connectivity index (χ2n) is 5.12. The summed E-state index contributed by atoms with van der Waals surface area (Å²) in [5.74, 6) is 0.503. The van der Waals surface area contributed by atoms with Gasteiger partial charge in [-0.15, -0.1) is 10.2 Å². The van der Waals surface area contributed by atoms with E-state index in [1.54, 1.807) is 14.2 Å². The Bertz CT molecular complexity index is 666. The van der Waals surface area contributed by atoms with Crippen LogP contribution in [0.1, 0.15) is 28.2 Å². The van der Waals surface area contributed by atoms with Crippen molar-refractivity contribution in [1.82, 2.24) is 14.8 Å². The van der Waals surface area contributed by atoms with E-state index in [0.717, 1.165) is 46.0 Å². The molecule has 0 fully saturated rings.